The second kappa shape index (κ2) is 2.78. The van der Waals surface area contributed by atoms with Crippen LogP contribution < -0.4 is 0 Å². The highest BCUT2D eigenvalue weighted by molar-refractivity contribution is 4.86. The molecule has 1 heterocycles. The summed E-state index contributed by atoms with van der Waals surface area (Å²) in [6.07, 6.45) is 4.49. The second-order valence-electron chi connectivity index (χ2n) is 4.44. The molecule has 0 aromatic rings. The van der Waals surface area contributed by atoms with Crippen molar-refractivity contribution in [2.45, 2.75) is 39.2 Å². The van der Waals surface area contributed by atoms with Gasteiger partial charge in [-0.25, -0.2) is 0 Å². The number of hydrogen-bond donors (Lipinski definition) is 0. The third-order valence-electron chi connectivity index (χ3n) is 3.44. The van der Waals surface area contributed by atoms with Gasteiger partial charge in [0.15, 0.2) is 0 Å². The smallest absolute Gasteiger partial charge is 0.0105 e. The molecule has 0 aromatic heterocycles. The lowest BCUT2D eigenvalue weighted by Gasteiger charge is -2.45. The first-order valence-corrected chi connectivity index (χ1v) is 5.01. The van der Waals surface area contributed by atoms with Crippen LogP contribution >= 0.6 is 0 Å². The number of nitrogens with zero attached hydrogens (tertiary/aromatic N) is 1. The minimum absolute atomic E-state index is 0.869. The molecule has 2 atom stereocenters. The van der Waals surface area contributed by atoms with E-state index < -0.39 is 0 Å². The highest BCUT2D eigenvalue weighted by atomic mass is 15.2. The Kier molecular flexibility index (Phi) is 1.92. The van der Waals surface area contributed by atoms with Gasteiger partial charge in [0.05, 0.1) is 0 Å². The van der Waals surface area contributed by atoms with E-state index in [1.165, 1.54) is 32.4 Å². The third kappa shape index (κ3) is 1.58. The number of likely N-dealkylation sites (tertiary alicyclic amines) is 1. The quantitative estimate of drug-likeness (QED) is 0.600. The zero-order chi connectivity index (χ0) is 7.84. The molecule has 0 aromatic carbocycles. The van der Waals surface area contributed by atoms with Crippen molar-refractivity contribution in [1.29, 1.82) is 0 Å². The summed E-state index contributed by atoms with van der Waals surface area (Å²) in [7, 11) is 0. The van der Waals surface area contributed by atoms with Crippen molar-refractivity contribution in [1.82, 2.24) is 4.90 Å². The average molecular weight is 153 g/mol. The predicted molar refractivity (Wildman–Crippen MR) is 47.5 cm³/mol. The maximum atomic E-state index is 2.63. The van der Waals surface area contributed by atoms with Gasteiger partial charge in [0, 0.05) is 12.6 Å². The summed E-state index contributed by atoms with van der Waals surface area (Å²) in [4.78, 5) is 2.63. The van der Waals surface area contributed by atoms with Crippen LogP contribution in [0.4, 0.5) is 0 Å². The first-order chi connectivity index (χ1) is 5.27. The first kappa shape index (κ1) is 7.60. The zero-order valence-corrected chi connectivity index (χ0v) is 7.71. The van der Waals surface area contributed by atoms with Gasteiger partial charge in [-0.15, -0.1) is 0 Å². The molecule has 64 valence electrons. The Hall–Kier alpha value is -0.0400. The van der Waals surface area contributed by atoms with Gasteiger partial charge in [-0.3, -0.25) is 0 Å². The van der Waals surface area contributed by atoms with Gasteiger partial charge in [0.25, 0.3) is 0 Å². The van der Waals surface area contributed by atoms with Crippen molar-refractivity contribution in [2.24, 2.45) is 11.8 Å². The molecule has 2 aliphatic rings. The molecule has 1 nitrogen and oxygen atoms in total. The summed E-state index contributed by atoms with van der Waals surface area (Å²) in [5.41, 5.74) is 0. The van der Waals surface area contributed by atoms with Crippen LogP contribution in [0.3, 0.4) is 0 Å². The van der Waals surface area contributed by atoms with Crippen LogP contribution in [0, 0.1) is 11.8 Å². The van der Waals surface area contributed by atoms with E-state index in [4.69, 9.17) is 0 Å². The first-order valence-electron chi connectivity index (χ1n) is 5.01. The second-order valence-corrected chi connectivity index (χ2v) is 4.44. The van der Waals surface area contributed by atoms with Gasteiger partial charge >= 0.3 is 0 Å². The SMILES string of the molecule is CC1CN(CCC2CC2)C1C. The molecule has 0 amide bonds. The largest absolute Gasteiger partial charge is 0.300 e. The van der Waals surface area contributed by atoms with Crippen LogP contribution in [0.5, 0.6) is 0 Å². The molecule has 1 saturated carbocycles. The molecular weight excluding hydrogens is 134 g/mol. The molecule has 1 saturated heterocycles. The number of hydrogen-bond acceptors (Lipinski definition) is 1. The summed E-state index contributed by atoms with van der Waals surface area (Å²) in [6.45, 7) is 7.45. The van der Waals surface area contributed by atoms with E-state index in [9.17, 15) is 0 Å². The molecule has 2 fully saturated rings. The lowest BCUT2D eigenvalue weighted by molar-refractivity contribution is 0.0363. The standard InChI is InChI=1S/C10H19N/c1-8-7-11(9(8)2)6-5-10-3-4-10/h8-10H,3-7H2,1-2H3. The highest BCUT2D eigenvalue weighted by Gasteiger charge is 2.32. The van der Waals surface area contributed by atoms with E-state index in [0.29, 0.717) is 0 Å². The topological polar surface area (TPSA) is 3.24 Å². The summed E-state index contributed by atoms with van der Waals surface area (Å²) >= 11 is 0. The summed E-state index contributed by atoms with van der Waals surface area (Å²) in [5.74, 6) is 2.06. The third-order valence-corrected chi connectivity index (χ3v) is 3.44. The van der Waals surface area contributed by atoms with Gasteiger partial charge in [0.1, 0.15) is 0 Å². The summed E-state index contributed by atoms with van der Waals surface area (Å²) in [5, 5.41) is 0. The monoisotopic (exact) mass is 153 g/mol. The van der Waals surface area contributed by atoms with Crippen LogP contribution in [-0.2, 0) is 0 Å². The normalized spacial score (nSPS) is 38.7. The molecule has 2 unspecified atom stereocenters. The van der Waals surface area contributed by atoms with Gasteiger partial charge in [-0.2, -0.15) is 0 Å². The van der Waals surface area contributed by atoms with E-state index in [2.05, 4.69) is 18.7 Å². The fourth-order valence-corrected chi connectivity index (χ4v) is 1.96. The van der Waals surface area contributed by atoms with E-state index in [0.717, 1.165) is 17.9 Å². The maximum absolute atomic E-state index is 2.63. The maximum Gasteiger partial charge on any atom is 0.0105 e. The Morgan fingerprint density at radius 3 is 2.45 bits per heavy atom. The molecule has 1 aliphatic carbocycles. The summed E-state index contributed by atoms with van der Waals surface area (Å²) in [6, 6.07) is 0.869. The Labute approximate surface area is 69.8 Å². The van der Waals surface area contributed by atoms with E-state index in [1.54, 1.807) is 0 Å². The fourth-order valence-electron chi connectivity index (χ4n) is 1.96. The van der Waals surface area contributed by atoms with Crippen molar-refractivity contribution in [2.75, 3.05) is 13.1 Å². The zero-order valence-electron chi connectivity index (χ0n) is 7.71. The van der Waals surface area contributed by atoms with Crippen LogP contribution in [0.1, 0.15) is 33.1 Å². The molecule has 11 heavy (non-hydrogen) atoms. The van der Waals surface area contributed by atoms with E-state index in [-0.39, 0.29) is 0 Å². The molecular formula is C10H19N. The Balaban J connectivity index is 1.63. The van der Waals surface area contributed by atoms with Crippen molar-refractivity contribution in [3.05, 3.63) is 0 Å². The van der Waals surface area contributed by atoms with Crippen molar-refractivity contribution >= 4 is 0 Å². The molecule has 1 heteroatoms. The van der Waals surface area contributed by atoms with Crippen LogP contribution in [0.2, 0.25) is 0 Å². The van der Waals surface area contributed by atoms with Gasteiger partial charge < -0.3 is 4.90 Å². The predicted octanol–water partition coefficient (Wildman–Crippen LogP) is 2.13. The minimum atomic E-state index is 0.869. The Morgan fingerprint density at radius 1 is 1.27 bits per heavy atom. The number of rotatable bonds is 3. The van der Waals surface area contributed by atoms with Crippen molar-refractivity contribution < 1.29 is 0 Å². The molecule has 0 spiro atoms. The average Bonchev–Trinajstić information content (AvgIpc) is 2.80. The lowest BCUT2D eigenvalue weighted by atomic mass is 9.92. The van der Waals surface area contributed by atoms with Crippen LogP contribution in [0.25, 0.3) is 0 Å². The molecule has 2 rings (SSSR count). The molecule has 1 aliphatic heterocycles. The lowest BCUT2D eigenvalue weighted by Crippen LogP contribution is -2.53. The van der Waals surface area contributed by atoms with E-state index >= 15 is 0 Å². The van der Waals surface area contributed by atoms with Crippen molar-refractivity contribution in [3.63, 3.8) is 0 Å². The van der Waals surface area contributed by atoms with Gasteiger partial charge in [0.2, 0.25) is 0 Å². The molecule has 0 N–H and O–H groups in total. The molecule has 0 bridgehead atoms. The molecule has 0 radical (unpaired) electrons. The minimum Gasteiger partial charge on any atom is -0.300 e. The Bertz CT molecular complexity index is 140. The highest BCUT2D eigenvalue weighted by Crippen LogP contribution is 2.34. The fraction of sp³-hybridized carbons (Fsp3) is 1.00. The van der Waals surface area contributed by atoms with Crippen molar-refractivity contribution in [3.8, 4) is 0 Å². The van der Waals surface area contributed by atoms with E-state index in [1.807, 2.05) is 0 Å². The van der Waals surface area contributed by atoms with Crippen LogP contribution in [0.15, 0.2) is 0 Å². The van der Waals surface area contributed by atoms with Gasteiger partial charge in [-0.1, -0.05) is 19.8 Å². The van der Waals surface area contributed by atoms with Crippen LogP contribution in [-0.4, -0.2) is 24.0 Å². The van der Waals surface area contributed by atoms with Gasteiger partial charge in [-0.05, 0) is 31.7 Å². The summed E-state index contributed by atoms with van der Waals surface area (Å²) < 4.78 is 0. The Morgan fingerprint density at radius 2 is 2.00 bits per heavy atom.